The minimum absolute atomic E-state index is 0.234. The third kappa shape index (κ3) is 3.39. The van der Waals surface area contributed by atoms with Crippen LogP contribution in [0.1, 0.15) is 34.1 Å². The molecule has 17 heavy (non-hydrogen) atoms. The van der Waals surface area contributed by atoms with E-state index >= 15 is 0 Å². The van der Waals surface area contributed by atoms with Crippen LogP contribution in [0.15, 0.2) is 0 Å². The van der Waals surface area contributed by atoms with Gasteiger partial charge in [0.2, 0.25) is 0 Å². The van der Waals surface area contributed by atoms with Crippen LogP contribution in [0.25, 0.3) is 0 Å². The molecule has 0 aliphatic carbocycles. The summed E-state index contributed by atoms with van der Waals surface area (Å²) in [6.07, 6.45) is 2.42. The predicted octanol–water partition coefficient (Wildman–Crippen LogP) is 0.148. The van der Waals surface area contributed by atoms with Gasteiger partial charge >= 0.3 is 0 Å². The van der Waals surface area contributed by atoms with Gasteiger partial charge < -0.3 is 4.74 Å². The van der Waals surface area contributed by atoms with E-state index in [0.717, 1.165) is 13.1 Å². The molecule has 6 unspecified atom stereocenters. The number of rotatable bonds is 5. The fraction of sp³-hybridized carbons (Fsp3) is 1.00. The Morgan fingerprint density at radius 1 is 1.29 bits per heavy atom. The summed E-state index contributed by atoms with van der Waals surface area (Å²) >= 11 is 0. The molecule has 0 aromatic rings. The molecule has 2 heterocycles. The van der Waals surface area contributed by atoms with Crippen LogP contribution in [0.4, 0.5) is 0 Å². The third-order valence-corrected chi connectivity index (χ3v) is 3.83. The van der Waals surface area contributed by atoms with Gasteiger partial charge in [-0.15, -0.1) is 0 Å². The van der Waals surface area contributed by atoms with Crippen molar-refractivity contribution < 1.29 is 4.74 Å². The van der Waals surface area contributed by atoms with Gasteiger partial charge in [-0.2, -0.15) is 0 Å². The lowest BCUT2D eigenvalue weighted by atomic mass is 10.0. The molecule has 2 aliphatic rings. The number of hydrogen-bond acceptors (Lipinski definition) is 5. The summed E-state index contributed by atoms with van der Waals surface area (Å²) in [5.74, 6) is 0.481. The van der Waals surface area contributed by atoms with Gasteiger partial charge in [-0.3, -0.25) is 21.3 Å². The zero-order valence-electron chi connectivity index (χ0n) is 11.3. The van der Waals surface area contributed by atoms with Gasteiger partial charge in [-0.05, 0) is 20.3 Å². The lowest BCUT2D eigenvalue weighted by molar-refractivity contribution is 0.147. The van der Waals surface area contributed by atoms with Gasteiger partial charge in [0, 0.05) is 18.6 Å². The number of hydrogen-bond donors (Lipinski definition) is 4. The van der Waals surface area contributed by atoms with Gasteiger partial charge in [0.15, 0.2) is 0 Å². The van der Waals surface area contributed by atoms with Crippen molar-refractivity contribution in [3.63, 3.8) is 0 Å². The summed E-state index contributed by atoms with van der Waals surface area (Å²) < 4.78 is 5.41. The summed E-state index contributed by atoms with van der Waals surface area (Å²) in [6.45, 7) is 9.61. The smallest absolute Gasteiger partial charge is 0.136 e. The fourth-order valence-electron chi connectivity index (χ4n) is 2.23. The Balaban J connectivity index is 1.82. The highest BCUT2D eigenvalue weighted by atomic mass is 16.6. The molecule has 5 heteroatoms. The second-order valence-corrected chi connectivity index (χ2v) is 5.30. The Labute approximate surface area is 104 Å². The molecule has 2 aliphatic heterocycles. The van der Waals surface area contributed by atoms with E-state index in [-0.39, 0.29) is 6.23 Å². The van der Waals surface area contributed by atoms with Gasteiger partial charge in [-0.1, -0.05) is 13.8 Å². The molecule has 0 aromatic heterocycles. The topological polar surface area (TPSA) is 60.6 Å². The Kier molecular flexibility index (Phi) is 4.38. The molecular weight excluding hydrogens is 216 g/mol. The monoisotopic (exact) mass is 242 g/mol. The molecule has 100 valence electrons. The maximum atomic E-state index is 5.41. The first-order valence-corrected chi connectivity index (χ1v) is 6.76. The van der Waals surface area contributed by atoms with Crippen molar-refractivity contribution in [2.75, 3.05) is 6.67 Å². The van der Waals surface area contributed by atoms with Crippen molar-refractivity contribution in [3.8, 4) is 0 Å². The van der Waals surface area contributed by atoms with Crippen LogP contribution in [-0.2, 0) is 4.74 Å². The number of epoxide rings is 1. The number of nitrogens with one attached hydrogen (secondary N) is 4. The highest BCUT2D eigenvalue weighted by molar-refractivity contribution is 4.90. The highest BCUT2D eigenvalue weighted by Crippen LogP contribution is 2.20. The SMILES string of the molecule is CCC(C)NC1NCNC(NC2OC2C)C1C. The van der Waals surface area contributed by atoms with Crippen molar-refractivity contribution in [3.05, 3.63) is 0 Å². The first-order valence-electron chi connectivity index (χ1n) is 6.76. The van der Waals surface area contributed by atoms with Crippen LogP contribution in [0.3, 0.4) is 0 Å². The molecule has 4 N–H and O–H groups in total. The van der Waals surface area contributed by atoms with Crippen molar-refractivity contribution >= 4 is 0 Å². The second-order valence-electron chi connectivity index (χ2n) is 5.30. The normalized spacial score (nSPS) is 43.4. The van der Waals surface area contributed by atoms with Crippen LogP contribution in [0.2, 0.25) is 0 Å². The zero-order chi connectivity index (χ0) is 12.4. The average molecular weight is 242 g/mol. The summed E-state index contributed by atoms with van der Waals surface area (Å²) in [5.41, 5.74) is 0. The lowest BCUT2D eigenvalue weighted by Crippen LogP contribution is -2.66. The molecule has 2 saturated heterocycles. The van der Waals surface area contributed by atoms with Crippen LogP contribution >= 0.6 is 0 Å². The molecule has 6 atom stereocenters. The summed E-state index contributed by atoms with van der Waals surface area (Å²) in [4.78, 5) is 0. The average Bonchev–Trinajstić information content (AvgIpc) is 3.00. The predicted molar refractivity (Wildman–Crippen MR) is 68.2 cm³/mol. The molecule has 2 rings (SSSR count). The van der Waals surface area contributed by atoms with E-state index in [2.05, 4.69) is 49.0 Å². The van der Waals surface area contributed by atoms with E-state index in [1.807, 2.05) is 0 Å². The summed E-state index contributed by atoms with van der Waals surface area (Å²) in [7, 11) is 0. The Hall–Kier alpha value is -0.200. The van der Waals surface area contributed by atoms with E-state index in [1.165, 1.54) is 0 Å². The van der Waals surface area contributed by atoms with Crippen LogP contribution in [0.5, 0.6) is 0 Å². The Morgan fingerprint density at radius 2 is 1.94 bits per heavy atom. The minimum Gasteiger partial charge on any atom is -0.353 e. The van der Waals surface area contributed by atoms with Crippen LogP contribution in [-0.4, -0.2) is 37.4 Å². The Bertz CT molecular complexity index is 237. The summed E-state index contributed by atoms with van der Waals surface area (Å²) in [6, 6.07) is 0.546. The van der Waals surface area contributed by atoms with Gasteiger partial charge in [0.1, 0.15) is 6.23 Å². The fourth-order valence-corrected chi connectivity index (χ4v) is 2.23. The van der Waals surface area contributed by atoms with E-state index in [1.54, 1.807) is 0 Å². The third-order valence-electron chi connectivity index (χ3n) is 3.83. The first kappa shape index (κ1) is 13.2. The van der Waals surface area contributed by atoms with E-state index in [0.29, 0.717) is 30.4 Å². The summed E-state index contributed by atoms with van der Waals surface area (Å²) in [5, 5.41) is 14.0. The molecule has 0 aromatic carbocycles. The van der Waals surface area contributed by atoms with E-state index in [9.17, 15) is 0 Å². The molecule has 0 amide bonds. The van der Waals surface area contributed by atoms with Gasteiger partial charge in [-0.25, -0.2) is 0 Å². The molecule has 0 spiro atoms. The van der Waals surface area contributed by atoms with Crippen LogP contribution in [0, 0.1) is 5.92 Å². The highest BCUT2D eigenvalue weighted by Gasteiger charge is 2.39. The quantitative estimate of drug-likeness (QED) is 0.517. The molecule has 0 radical (unpaired) electrons. The maximum absolute atomic E-state index is 5.41. The molecule has 0 bridgehead atoms. The van der Waals surface area contributed by atoms with Crippen molar-refractivity contribution in [1.29, 1.82) is 0 Å². The number of ether oxygens (including phenoxy) is 1. The molecule has 5 nitrogen and oxygen atoms in total. The van der Waals surface area contributed by atoms with E-state index < -0.39 is 0 Å². The van der Waals surface area contributed by atoms with Crippen molar-refractivity contribution in [1.82, 2.24) is 21.3 Å². The Morgan fingerprint density at radius 3 is 2.53 bits per heavy atom. The first-order chi connectivity index (χ1) is 8.11. The van der Waals surface area contributed by atoms with Crippen LogP contribution < -0.4 is 21.3 Å². The molecule has 2 fully saturated rings. The zero-order valence-corrected chi connectivity index (χ0v) is 11.3. The maximum Gasteiger partial charge on any atom is 0.136 e. The largest absolute Gasteiger partial charge is 0.353 e. The van der Waals surface area contributed by atoms with Gasteiger partial charge in [0.25, 0.3) is 0 Å². The van der Waals surface area contributed by atoms with Crippen molar-refractivity contribution in [2.45, 2.75) is 64.8 Å². The lowest BCUT2D eigenvalue weighted by Gasteiger charge is -2.39. The van der Waals surface area contributed by atoms with E-state index in [4.69, 9.17) is 4.74 Å². The molecule has 0 saturated carbocycles. The second kappa shape index (κ2) is 5.63. The standard InChI is InChI=1S/C12H26N4O/c1-5-7(2)15-10-8(3)11(14-6-13-10)16-12-9(4)17-12/h7-16H,5-6H2,1-4H3. The van der Waals surface area contributed by atoms with Gasteiger partial charge in [0.05, 0.1) is 18.4 Å². The molecular formula is C12H26N4O. The minimum atomic E-state index is 0.234. The van der Waals surface area contributed by atoms with Crippen molar-refractivity contribution in [2.24, 2.45) is 5.92 Å².